The zero-order valence-corrected chi connectivity index (χ0v) is 14.1. The fourth-order valence-corrected chi connectivity index (χ4v) is 5.18. The number of halogens is 2. The third-order valence-corrected chi connectivity index (χ3v) is 7.30. The minimum Gasteiger partial charge on any atom is -0.337 e. The number of aromatic nitrogens is 2. The lowest BCUT2D eigenvalue weighted by molar-refractivity contribution is 0.453. The predicted octanol–water partition coefficient (Wildman–Crippen LogP) is 2.72. The molecule has 0 radical (unpaired) electrons. The highest BCUT2D eigenvalue weighted by molar-refractivity contribution is 9.11. The average Bonchev–Trinajstić information content (AvgIpc) is 2.87. The molecule has 0 saturated heterocycles. The molecule has 0 aromatic carbocycles. The smallest absolute Gasteiger partial charge is 0.252 e. The molecule has 0 aliphatic carbocycles. The van der Waals surface area contributed by atoms with E-state index in [2.05, 4.69) is 20.9 Å². The zero-order valence-electron chi connectivity index (χ0n) is 10.2. The van der Waals surface area contributed by atoms with Crippen LogP contribution in [0.4, 0.5) is 0 Å². The second-order valence-electron chi connectivity index (χ2n) is 3.90. The lowest BCUT2D eigenvalue weighted by Gasteiger charge is -2.15. The van der Waals surface area contributed by atoms with Gasteiger partial charge in [-0.1, -0.05) is 11.6 Å². The Hall–Kier alpha value is -0.410. The van der Waals surface area contributed by atoms with Crippen molar-refractivity contribution < 1.29 is 8.42 Å². The molecule has 0 unspecified atom stereocenters. The molecule has 0 aliphatic rings. The van der Waals surface area contributed by atoms with Crippen LogP contribution >= 0.6 is 38.9 Å². The molecule has 19 heavy (non-hydrogen) atoms. The summed E-state index contributed by atoms with van der Waals surface area (Å²) >= 11 is 10.2. The van der Waals surface area contributed by atoms with Crippen LogP contribution < -0.4 is 0 Å². The first-order valence-electron chi connectivity index (χ1n) is 5.19. The lowest BCUT2D eigenvalue weighted by atomic mass is 10.6. The van der Waals surface area contributed by atoms with E-state index in [-0.39, 0.29) is 10.8 Å². The third kappa shape index (κ3) is 3.03. The number of imidazole rings is 1. The fourth-order valence-electron chi connectivity index (χ4n) is 1.44. The van der Waals surface area contributed by atoms with Crippen molar-refractivity contribution in [1.29, 1.82) is 0 Å². The molecule has 104 valence electrons. The van der Waals surface area contributed by atoms with Crippen LogP contribution in [0.1, 0.15) is 5.82 Å². The quantitative estimate of drug-likeness (QED) is 0.814. The van der Waals surface area contributed by atoms with Crippen molar-refractivity contribution in [3.8, 4) is 0 Å². The Morgan fingerprint density at radius 2 is 2.26 bits per heavy atom. The summed E-state index contributed by atoms with van der Waals surface area (Å²) < 4.78 is 28.6. The van der Waals surface area contributed by atoms with Gasteiger partial charge in [0.05, 0.1) is 15.4 Å². The van der Waals surface area contributed by atoms with Gasteiger partial charge in [-0.05, 0) is 22.0 Å². The summed E-state index contributed by atoms with van der Waals surface area (Å²) in [6, 6.07) is 1.45. The lowest BCUT2D eigenvalue weighted by Crippen LogP contribution is -2.27. The fraction of sp³-hybridized carbons (Fsp3) is 0.300. The van der Waals surface area contributed by atoms with E-state index in [0.717, 1.165) is 11.3 Å². The van der Waals surface area contributed by atoms with Crippen LogP contribution in [0.25, 0.3) is 0 Å². The highest BCUT2D eigenvalue weighted by Gasteiger charge is 2.25. The Morgan fingerprint density at radius 3 is 2.74 bits per heavy atom. The monoisotopic (exact) mass is 383 g/mol. The standard InChI is InChI=1S/C10H11BrClN3O2S2/c1-14-4-3-13-8(14)6-15(2)19(16,17)9-5-7(12)10(11)18-9/h3-5H,6H2,1-2H3. The highest BCUT2D eigenvalue weighted by atomic mass is 79.9. The van der Waals surface area contributed by atoms with Crippen LogP contribution in [0.5, 0.6) is 0 Å². The molecule has 9 heteroatoms. The van der Waals surface area contributed by atoms with Gasteiger partial charge in [-0.25, -0.2) is 13.4 Å². The molecule has 0 fully saturated rings. The second-order valence-corrected chi connectivity index (χ2v) is 8.95. The molecule has 2 aromatic rings. The number of sulfonamides is 1. The van der Waals surface area contributed by atoms with E-state index in [0.29, 0.717) is 14.6 Å². The molecule has 0 bridgehead atoms. The van der Waals surface area contributed by atoms with Crippen molar-refractivity contribution in [3.63, 3.8) is 0 Å². The Bertz CT molecular complexity index is 676. The molecule has 0 atom stereocenters. The molecule has 2 aromatic heterocycles. The molecule has 0 aliphatic heterocycles. The average molecular weight is 385 g/mol. The van der Waals surface area contributed by atoms with E-state index in [4.69, 9.17) is 11.6 Å². The van der Waals surface area contributed by atoms with Crippen LogP contribution in [-0.4, -0.2) is 29.3 Å². The van der Waals surface area contributed by atoms with Gasteiger partial charge in [0, 0.05) is 26.5 Å². The number of thiophene rings is 1. The molecule has 0 N–H and O–H groups in total. The molecular weight excluding hydrogens is 374 g/mol. The largest absolute Gasteiger partial charge is 0.337 e. The summed E-state index contributed by atoms with van der Waals surface area (Å²) in [7, 11) is -0.209. The van der Waals surface area contributed by atoms with Crippen molar-refractivity contribution in [2.24, 2.45) is 7.05 Å². The SMILES string of the molecule is CN(Cc1nccn1C)S(=O)(=O)c1cc(Cl)c(Br)s1. The Balaban J connectivity index is 2.27. The van der Waals surface area contributed by atoms with E-state index in [9.17, 15) is 8.42 Å². The molecule has 2 rings (SSSR count). The molecule has 0 amide bonds. The molecular formula is C10H11BrClN3O2S2. The first-order chi connectivity index (χ1) is 8.82. The highest BCUT2D eigenvalue weighted by Crippen LogP contribution is 2.35. The maximum Gasteiger partial charge on any atom is 0.252 e. The van der Waals surface area contributed by atoms with Crippen molar-refractivity contribution in [2.45, 2.75) is 10.8 Å². The Labute approximate surface area is 129 Å². The van der Waals surface area contributed by atoms with Crippen LogP contribution in [0, 0.1) is 0 Å². The normalized spacial score (nSPS) is 12.3. The topological polar surface area (TPSA) is 55.2 Å². The predicted molar refractivity (Wildman–Crippen MR) is 78.9 cm³/mol. The van der Waals surface area contributed by atoms with E-state index in [1.165, 1.54) is 17.4 Å². The van der Waals surface area contributed by atoms with Crippen LogP contribution in [0.15, 0.2) is 26.5 Å². The number of hydrogen-bond acceptors (Lipinski definition) is 4. The number of rotatable bonds is 4. The summed E-state index contributed by atoms with van der Waals surface area (Å²) in [6.07, 6.45) is 3.41. The Morgan fingerprint density at radius 1 is 1.58 bits per heavy atom. The molecule has 0 saturated carbocycles. The minimum absolute atomic E-state index is 0.207. The van der Waals surface area contributed by atoms with Gasteiger partial charge in [0.2, 0.25) is 0 Å². The summed E-state index contributed by atoms with van der Waals surface area (Å²) in [5.74, 6) is 0.674. The number of aryl methyl sites for hydroxylation is 1. The van der Waals surface area contributed by atoms with Gasteiger partial charge in [0.1, 0.15) is 10.0 Å². The van der Waals surface area contributed by atoms with E-state index in [1.807, 2.05) is 7.05 Å². The number of nitrogens with zero attached hydrogens (tertiary/aromatic N) is 3. The maximum absolute atomic E-state index is 12.4. The molecule has 5 nitrogen and oxygen atoms in total. The van der Waals surface area contributed by atoms with Gasteiger partial charge >= 0.3 is 0 Å². The Kier molecular flexibility index (Phi) is 4.36. The van der Waals surface area contributed by atoms with Crippen molar-refractivity contribution in [3.05, 3.63) is 33.1 Å². The van der Waals surface area contributed by atoms with E-state index in [1.54, 1.807) is 17.0 Å². The summed E-state index contributed by atoms with van der Waals surface area (Å²) in [5.41, 5.74) is 0. The van der Waals surface area contributed by atoms with Crippen LogP contribution in [-0.2, 0) is 23.6 Å². The van der Waals surface area contributed by atoms with Gasteiger partial charge in [0.25, 0.3) is 10.0 Å². The minimum atomic E-state index is -3.55. The van der Waals surface area contributed by atoms with Gasteiger partial charge in [-0.15, -0.1) is 11.3 Å². The molecule has 0 spiro atoms. The van der Waals surface area contributed by atoms with Crippen molar-refractivity contribution in [1.82, 2.24) is 13.9 Å². The third-order valence-electron chi connectivity index (χ3n) is 2.57. The van der Waals surface area contributed by atoms with E-state index < -0.39 is 10.0 Å². The van der Waals surface area contributed by atoms with Gasteiger partial charge in [-0.3, -0.25) is 0 Å². The zero-order chi connectivity index (χ0) is 14.2. The summed E-state index contributed by atoms with van der Waals surface area (Å²) in [6.45, 7) is 0.207. The van der Waals surface area contributed by atoms with Gasteiger partial charge in [-0.2, -0.15) is 4.31 Å². The molecule has 2 heterocycles. The van der Waals surface area contributed by atoms with Gasteiger partial charge < -0.3 is 4.57 Å². The number of hydrogen-bond donors (Lipinski definition) is 0. The van der Waals surface area contributed by atoms with Gasteiger partial charge in [0.15, 0.2) is 0 Å². The van der Waals surface area contributed by atoms with Crippen LogP contribution in [0.2, 0.25) is 5.02 Å². The van der Waals surface area contributed by atoms with Crippen molar-refractivity contribution >= 4 is 48.9 Å². The first-order valence-corrected chi connectivity index (χ1v) is 8.62. The van der Waals surface area contributed by atoms with Crippen molar-refractivity contribution in [2.75, 3.05) is 7.05 Å². The second kappa shape index (κ2) is 5.53. The van der Waals surface area contributed by atoms with Crippen LogP contribution in [0.3, 0.4) is 0 Å². The summed E-state index contributed by atoms with van der Waals surface area (Å²) in [4.78, 5) is 4.11. The first kappa shape index (κ1) is 15.0. The summed E-state index contributed by atoms with van der Waals surface area (Å²) in [5, 5.41) is 0.397. The maximum atomic E-state index is 12.4. The van der Waals surface area contributed by atoms with E-state index >= 15 is 0 Å².